The van der Waals surface area contributed by atoms with Crippen LogP contribution in [0.1, 0.15) is 58.3 Å². The van der Waals surface area contributed by atoms with Gasteiger partial charge in [0.15, 0.2) is 5.76 Å². The van der Waals surface area contributed by atoms with Crippen LogP contribution in [0, 0.1) is 0 Å². The maximum atomic E-state index is 13.7. The van der Waals surface area contributed by atoms with Crippen molar-refractivity contribution in [2.75, 3.05) is 6.54 Å². The Bertz CT molecular complexity index is 939. The molecule has 1 aliphatic heterocycles. The molecule has 1 amide bonds. The summed E-state index contributed by atoms with van der Waals surface area (Å²) in [5.74, 6) is -0.368. The number of halogens is 2. The Morgan fingerprint density at radius 1 is 1.31 bits per heavy atom. The van der Waals surface area contributed by atoms with E-state index < -0.39 is 12.3 Å². The van der Waals surface area contributed by atoms with E-state index in [4.69, 9.17) is 4.74 Å². The molecule has 0 atom stereocenters. The van der Waals surface area contributed by atoms with Gasteiger partial charge in [-0.2, -0.15) is 0 Å². The van der Waals surface area contributed by atoms with Gasteiger partial charge in [-0.3, -0.25) is 4.79 Å². The SMILES string of the molecule is C=C\C=C/C=C(CCC)/C(O/C(C(=O)N1CCc2nc[nH]c2C1)=C(\C)C(F)F)=C(\C)CC. The highest BCUT2D eigenvalue weighted by atomic mass is 19.3. The number of H-pyrrole nitrogens is 1. The fourth-order valence-corrected chi connectivity index (χ4v) is 3.40. The minimum absolute atomic E-state index is 0.281. The summed E-state index contributed by atoms with van der Waals surface area (Å²) in [5, 5.41) is 0. The number of hydrogen-bond acceptors (Lipinski definition) is 3. The highest BCUT2D eigenvalue weighted by Crippen LogP contribution is 2.29. The van der Waals surface area contributed by atoms with Crippen molar-refractivity contribution in [1.82, 2.24) is 14.9 Å². The second kappa shape index (κ2) is 12.2. The average molecular weight is 446 g/mol. The Hall–Kier alpha value is -2.96. The monoisotopic (exact) mass is 445 g/mol. The number of hydrogen-bond donors (Lipinski definition) is 1. The molecular formula is C25H33F2N3O2. The highest BCUT2D eigenvalue weighted by Gasteiger charge is 2.30. The predicted octanol–water partition coefficient (Wildman–Crippen LogP) is 6.00. The van der Waals surface area contributed by atoms with Crippen LogP contribution in [0.25, 0.3) is 0 Å². The Kier molecular flexibility index (Phi) is 9.62. The molecule has 1 aromatic heterocycles. The summed E-state index contributed by atoms with van der Waals surface area (Å²) in [6.07, 6.45) is 8.70. The molecule has 2 heterocycles. The molecule has 2 rings (SSSR count). The van der Waals surface area contributed by atoms with Gasteiger partial charge in [0, 0.05) is 18.5 Å². The van der Waals surface area contributed by atoms with Crippen molar-refractivity contribution in [2.45, 2.75) is 66.3 Å². The van der Waals surface area contributed by atoms with Gasteiger partial charge in [0.25, 0.3) is 12.3 Å². The van der Waals surface area contributed by atoms with Gasteiger partial charge >= 0.3 is 0 Å². The number of carbonyl (C=O) groups is 1. The first-order valence-electron chi connectivity index (χ1n) is 11.0. The first-order valence-corrected chi connectivity index (χ1v) is 11.0. The molecule has 7 heteroatoms. The van der Waals surface area contributed by atoms with Crippen LogP contribution >= 0.6 is 0 Å². The molecule has 0 aromatic carbocycles. The van der Waals surface area contributed by atoms with Gasteiger partial charge in [-0.15, -0.1) is 0 Å². The first kappa shape index (κ1) is 25.3. The molecule has 174 valence electrons. The average Bonchev–Trinajstić information content (AvgIpc) is 3.26. The fourth-order valence-electron chi connectivity index (χ4n) is 3.40. The molecule has 0 saturated carbocycles. The number of allylic oxidation sites excluding steroid dienone is 7. The third-order valence-electron chi connectivity index (χ3n) is 5.42. The van der Waals surface area contributed by atoms with Crippen molar-refractivity contribution in [1.29, 1.82) is 0 Å². The Balaban J connectivity index is 2.46. The van der Waals surface area contributed by atoms with Crippen molar-refractivity contribution in [2.24, 2.45) is 0 Å². The van der Waals surface area contributed by atoms with Crippen molar-refractivity contribution < 1.29 is 18.3 Å². The van der Waals surface area contributed by atoms with Gasteiger partial charge in [-0.25, -0.2) is 13.8 Å². The predicted molar refractivity (Wildman–Crippen MR) is 123 cm³/mol. The van der Waals surface area contributed by atoms with Gasteiger partial charge in [-0.05, 0) is 37.8 Å². The summed E-state index contributed by atoms with van der Waals surface area (Å²) < 4.78 is 33.6. The number of ether oxygens (including phenoxy) is 1. The third-order valence-corrected chi connectivity index (χ3v) is 5.42. The summed E-state index contributed by atoms with van der Waals surface area (Å²) in [5.41, 5.74) is 3.09. The standard InChI is InChI=1S/C25H33F2N3O2/c1-6-9-10-12-19(11-7-2)22(17(4)8-3)32-23(18(5)24(26)27)25(31)30-14-13-20-21(15-30)29-16-28-20/h6,9-10,12,16,24H,1,7-8,11,13-15H2,2-5H3,(H,28,29)/b10-9-,19-12+,22-17-,23-18+. The summed E-state index contributed by atoms with van der Waals surface area (Å²) in [4.78, 5) is 22.2. The van der Waals surface area contributed by atoms with E-state index >= 15 is 0 Å². The number of nitrogens with one attached hydrogen (secondary N) is 1. The zero-order chi connectivity index (χ0) is 23.7. The maximum absolute atomic E-state index is 13.7. The number of amides is 1. The maximum Gasteiger partial charge on any atom is 0.290 e. The normalized spacial score (nSPS) is 16.1. The molecule has 1 aliphatic rings. The summed E-state index contributed by atoms with van der Waals surface area (Å²) in [6.45, 7) is 11.5. The number of alkyl halides is 2. The van der Waals surface area contributed by atoms with Crippen molar-refractivity contribution in [3.8, 4) is 0 Å². The number of aromatic amines is 1. The van der Waals surface area contributed by atoms with Gasteiger partial charge < -0.3 is 14.6 Å². The van der Waals surface area contributed by atoms with Crippen LogP contribution in [-0.4, -0.2) is 33.7 Å². The second-order valence-electron chi connectivity index (χ2n) is 7.74. The van der Waals surface area contributed by atoms with Crippen LogP contribution in [0.5, 0.6) is 0 Å². The molecular weight excluding hydrogens is 412 g/mol. The van der Waals surface area contributed by atoms with E-state index in [1.165, 1.54) is 11.8 Å². The van der Waals surface area contributed by atoms with E-state index in [2.05, 4.69) is 16.5 Å². The quantitative estimate of drug-likeness (QED) is 0.273. The molecule has 0 spiro atoms. The Labute approximate surface area is 189 Å². The lowest BCUT2D eigenvalue weighted by atomic mass is 10.0. The highest BCUT2D eigenvalue weighted by molar-refractivity contribution is 5.92. The molecule has 1 aromatic rings. The molecule has 0 unspecified atom stereocenters. The summed E-state index contributed by atoms with van der Waals surface area (Å²) >= 11 is 0. The zero-order valence-electron chi connectivity index (χ0n) is 19.4. The van der Waals surface area contributed by atoms with E-state index in [-0.39, 0.29) is 17.9 Å². The molecule has 5 nitrogen and oxygen atoms in total. The molecule has 32 heavy (non-hydrogen) atoms. The number of carbonyl (C=O) groups excluding carboxylic acids is 1. The van der Waals surface area contributed by atoms with Gasteiger partial charge in [0.2, 0.25) is 0 Å². The van der Waals surface area contributed by atoms with E-state index in [0.717, 1.165) is 29.0 Å². The molecule has 1 N–H and O–H groups in total. The fraction of sp³-hybridized carbons (Fsp3) is 0.440. The minimum atomic E-state index is -2.80. The lowest BCUT2D eigenvalue weighted by Crippen LogP contribution is -2.38. The number of imidazole rings is 1. The van der Waals surface area contributed by atoms with E-state index in [1.54, 1.807) is 18.5 Å². The molecule has 0 fully saturated rings. The van der Waals surface area contributed by atoms with Gasteiger partial charge in [0.05, 0.1) is 24.3 Å². The molecule has 0 radical (unpaired) electrons. The molecule has 0 saturated heterocycles. The summed E-state index contributed by atoms with van der Waals surface area (Å²) in [6, 6.07) is 0. The van der Waals surface area contributed by atoms with Gasteiger partial charge in [-0.1, -0.05) is 51.2 Å². The van der Waals surface area contributed by atoms with Crippen LogP contribution in [-0.2, 0) is 22.5 Å². The van der Waals surface area contributed by atoms with Crippen LogP contribution in [0.15, 0.2) is 65.4 Å². The van der Waals surface area contributed by atoms with Crippen molar-refractivity contribution >= 4 is 5.91 Å². The van der Waals surface area contributed by atoms with Crippen LogP contribution < -0.4 is 0 Å². The smallest absolute Gasteiger partial charge is 0.290 e. The Morgan fingerprint density at radius 3 is 2.69 bits per heavy atom. The molecule has 0 bridgehead atoms. The zero-order valence-corrected chi connectivity index (χ0v) is 19.4. The first-order chi connectivity index (χ1) is 15.3. The van der Waals surface area contributed by atoms with Gasteiger partial charge in [0.1, 0.15) is 5.76 Å². The lowest BCUT2D eigenvalue weighted by molar-refractivity contribution is -0.131. The van der Waals surface area contributed by atoms with Crippen molar-refractivity contribution in [3.63, 3.8) is 0 Å². The summed E-state index contributed by atoms with van der Waals surface area (Å²) in [7, 11) is 0. The van der Waals surface area contributed by atoms with Crippen molar-refractivity contribution in [3.05, 3.63) is 76.8 Å². The second-order valence-corrected chi connectivity index (χ2v) is 7.74. The third kappa shape index (κ3) is 6.28. The van der Waals surface area contributed by atoms with Crippen LogP contribution in [0.3, 0.4) is 0 Å². The minimum Gasteiger partial charge on any atom is -0.451 e. The lowest BCUT2D eigenvalue weighted by Gasteiger charge is -2.28. The topological polar surface area (TPSA) is 58.2 Å². The van der Waals surface area contributed by atoms with E-state index in [9.17, 15) is 13.6 Å². The number of aromatic nitrogens is 2. The number of rotatable bonds is 10. The van der Waals surface area contributed by atoms with Crippen LogP contribution in [0.4, 0.5) is 8.78 Å². The number of fused-ring (bicyclic) bond motifs is 1. The molecule has 0 aliphatic carbocycles. The largest absolute Gasteiger partial charge is 0.451 e. The van der Waals surface area contributed by atoms with Crippen LogP contribution in [0.2, 0.25) is 0 Å². The number of nitrogens with zero attached hydrogens (tertiary/aromatic N) is 2. The van der Waals surface area contributed by atoms with E-state index in [0.29, 0.717) is 31.6 Å². The van der Waals surface area contributed by atoms with E-state index in [1.807, 2.05) is 32.9 Å². The Morgan fingerprint density at radius 2 is 2.06 bits per heavy atom.